The highest BCUT2D eigenvalue weighted by Gasteiger charge is 2.31. The maximum atomic E-state index is 12.3. The van der Waals surface area contributed by atoms with Gasteiger partial charge in [-0.3, -0.25) is 9.59 Å². The highest BCUT2D eigenvalue weighted by molar-refractivity contribution is 5.71. The Morgan fingerprint density at radius 1 is 1.21 bits per heavy atom. The van der Waals surface area contributed by atoms with Crippen molar-refractivity contribution in [3.63, 3.8) is 0 Å². The average Bonchev–Trinajstić information content (AvgIpc) is 2.62. The first kappa shape index (κ1) is 21.3. The number of carbonyl (C=O) groups excluding carboxylic acids is 1. The second kappa shape index (κ2) is 8.79. The second-order valence-corrected chi connectivity index (χ2v) is 5.67. The SMILES string of the molecule is COCc1cc(=O)c(O)c([C@H](CC(=O)OC)c2ccc(OC(F)(F)F)cc2)o1. The van der Waals surface area contributed by atoms with Gasteiger partial charge in [0.25, 0.3) is 0 Å². The van der Waals surface area contributed by atoms with Crippen LogP contribution in [0, 0.1) is 0 Å². The topological polar surface area (TPSA) is 95.2 Å². The van der Waals surface area contributed by atoms with Gasteiger partial charge in [0.15, 0.2) is 5.76 Å². The number of esters is 1. The van der Waals surface area contributed by atoms with Crippen molar-refractivity contribution in [1.29, 1.82) is 0 Å². The summed E-state index contributed by atoms with van der Waals surface area (Å²) in [5, 5.41) is 10.1. The fraction of sp³-hybridized carbons (Fsp3) is 0.333. The number of carbonyl (C=O) groups is 1. The van der Waals surface area contributed by atoms with Crippen molar-refractivity contribution >= 4 is 5.97 Å². The molecule has 1 aromatic heterocycles. The molecule has 0 fully saturated rings. The molecule has 0 aliphatic rings. The number of rotatable bonds is 7. The third-order valence-corrected chi connectivity index (χ3v) is 3.72. The van der Waals surface area contributed by atoms with Crippen LogP contribution in [0.1, 0.15) is 29.4 Å². The highest BCUT2D eigenvalue weighted by atomic mass is 19.4. The van der Waals surface area contributed by atoms with Crippen LogP contribution in [-0.2, 0) is 20.9 Å². The lowest BCUT2D eigenvalue weighted by atomic mass is 9.92. The molecule has 0 spiro atoms. The van der Waals surface area contributed by atoms with E-state index in [4.69, 9.17) is 9.15 Å². The van der Waals surface area contributed by atoms with Gasteiger partial charge in [-0.1, -0.05) is 12.1 Å². The van der Waals surface area contributed by atoms with Crippen LogP contribution < -0.4 is 10.2 Å². The number of ether oxygens (including phenoxy) is 3. The highest BCUT2D eigenvalue weighted by Crippen LogP contribution is 2.34. The van der Waals surface area contributed by atoms with Crippen molar-refractivity contribution in [2.24, 2.45) is 0 Å². The molecule has 0 radical (unpaired) electrons. The molecule has 0 saturated carbocycles. The Kier molecular flexibility index (Phi) is 6.68. The zero-order valence-electron chi connectivity index (χ0n) is 14.9. The Balaban J connectivity index is 2.49. The first-order valence-electron chi connectivity index (χ1n) is 7.92. The number of hydrogen-bond donors (Lipinski definition) is 1. The van der Waals surface area contributed by atoms with Gasteiger partial charge in [-0.25, -0.2) is 0 Å². The molecular formula is C18H17F3O7. The van der Waals surface area contributed by atoms with E-state index in [0.29, 0.717) is 5.56 Å². The molecule has 1 aromatic carbocycles. The van der Waals surface area contributed by atoms with Crippen molar-refractivity contribution in [2.45, 2.75) is 25.3 Å². The lowest BCUT2D eigenvalue weighted by Crippen LogP contribution is -2.17. The third-order valence-electron chi connectivity index (χ3n) is 3.72. The minimum absolute atomic E-state index is 0.0637. The number of halogens is 3. The largest absolute Gasteiger partial charge is 0.573 e. The van der Waals surface area contributed by atoms with Gasteiger partial charge in [0, 0.05) is 13.2 Å². The molecule has 1 heterocycles. The Morgan fingerprint density at radius 3 is 2.39 bits per heavy atom. The molecule has 0 amide bonds. The van der Waals surface area contributed by atoms with E-state index in [1.807, 2.05) is 0 Å². The van der Waals surface area contributed by atoms with Crippen LogP contribution in [0.5, 0.6) is 11.5 Å². The molecule has 0 aliphatic carbocycles. The maximum absolute atomic E-state index is 12.3. The molecule has 0 aliphatic heterocycles. The van der Waals surface area contributed by atoms with E-state index in [1.54, 1.807) is 0 Å². The van der Waals surface area contributed by atoms with Crippen LogP contribution in [0.15, 0.2) is 39.5 Å². The molecule has 7 nitrogen and oxygen atoms in total. The Hall–Kier alpha value is -3.01. The van der Waals surface area contributed by atoms with Crippen LogP contribution in [0.4, 0.5) is 13.2 Å². The molecular weight excluding hydrogens is 385 g/mol. The van der Waals surface area contributed by atoms with E-state index < -0.39 is 35.2 Å². The fourth-order valence-corrected chi connectivity index (χ4v) is 2.52. The van der Waals surface area contributed by atoms with Crippen LogP contribution in [0.3, 0.4) is 0 Å². The summed E-state index contributed by atoms with van der Waals surface area (Å²) >= 11 is 0. The number of methoxy groups -OCH3 is 2. The second-order valence-electron chi connectivity index (χ2n) is 5.67. The van der Waals surface area contributed by atoms with Gasteiger partial charge in [-0.2, -0.15) is 0 Å². The van der Waals surface area contributed by atoms with Gasteiger partial charge < -0.3 is 23.7 Å². The molecule has 0 unspecified atom stereocenters. The Morgan fingerprint density at radius 2 is 1.86 bits per heavy atom. The summed E-state index contributed by atoms with van der Waals surface area (Å²) in [5.74, 6) is -2.98. The predicted molar refractivity (Wildman–Crippen MR) is 89.0 cm³/mol. The average molecular weight is 402 g/mol. The minimum Gasteiger partial charge on any atom is -0.502 e. The number of alkyl halides is 3. The van der Waals surface area contributed by atoms with Crippen molar-refractivity contribution in [3.8, 4) is 11.5 Å². The van der Waals surface area contributed by atoms with E-state index in [2.05, 4.69) is 9.47 Å². The van der Waals surface area contributed by atoms with E-state index >= 15 is 0 Å². The first-order chi connectivity index (χ1) is 13.1. The normalized spacial score (nSPS) is 12.5. The summed E-state index contributed by atoms with van der Waals surface area (Å²) in [5.41, 5.74) is -0.451. The smallest absolute Gasteiger partial charge is 0.502 e. The zero-order chi connectivity index (χ0) is 20.9. The fourth-order valence-electron chi connectivity index (χ4n) is 2.52. The third kappa shape index (κ3) is 5.49. The van der Waals surface area contributed by atoms with E-state index in [-0.39, 0.29) is 24.5 Å². The standard InChI is InChI=1S/C18H17F3O7/c1-25-9-12-7-14(22)16(24)17(27-12)13(8-15(23)26-2)10-3-5-11(6-4-10)28-18(19,20)21/h3-7,13,24H,8-9H2,1-2H3/t13-/m1/s1. The summed E-state index contributed by atoms with van der Waals surface area (Å²) in [4.78, 5) is 23.8. The summed E-state index contributed by atoms with van der Waals surface area (Å²) in [6.07, 6.45) is -5.19. The van der Waals surface area contributed by atoms with Crippen LogP contribution in [0.2, 0.25) is 0 Å². The van der Waals surface area contributed by atoms with Gasteiger partial charge >= 0.3 is 12.3 Å². The summed E-state index contributed by atoms with van der Waals surface area (Å²) in [7, 11) is 2.52. The lowest BCUT2D eigenvalue weighted by Gasteiger charge is -2.18. The summed E-state index contributed by atoms with van der Waals surface area (Å²) in [6.45, 7) is -0.0637. The van der Waals surface area contributed by atoms with Crippen molar-refractivity contribution < 1.29 is 41.7 Å². The molecule has 28 heavy (non-hydrogen) atoms. The van der Waals surface area contributed by atoms with Gasteiger partial charge in [-0.15, -0.1) is 13.2 Å². The molecule has 0 bridgehead atoms. The number of aromatic hydroxyl groups is 1. The monoisotopic (exact) mass is 402 g/mol. The van der Waals surface area contributed by atoms with Crippen molar-refractivity contribution in [3.05, 3.63) is 57.6 Å². The zero-order valence-corrected chi connectivity index (χ0v) is 14.9. The maximum Gasteiger partial charge on any atom is 0.573 e. The van der Waals surface area contributed by atoms with Crippen LogP contribution in [0.25, 0.3) is 0 Å². The first-order valence-corrected chi connectivity index (χ1v) is 7.92. The van der Waals surface area contributed by atoms with Crippen molar-refractivity contribution in [1.82, 2.24) is 0 Å². The Labute approximate surface area is 157 Å². The molecule has 2 rings (SSSR count). The molecule has 0 saturated heterocycles. The van der Waals surface area contributed by atoms with Crippen LogP contribution >= 0.6 is 0 Å². The van der Waals surface area contributed by atoms with E-state index in [0.717, 1.165) is 25.3 Å². The van der Waals surface area contributed by atoms with Gasteiger partial charge in [0.2, 0.25) is 11.2 Å². The van der Waals surface area contributed by atoms with Crippen LogP contribution in [-0.4, -0.2) is 31.7 Å². The summed E-state index contributed by atoms with van der Waals surface area (Å²) in [6, 6.07) is 5.65. The van der Waals surface area contributed by atoms with Gasteiger partial charge in [0.05, 0.1) is 19.4 Å². The van der Waals surface area contributed by atoms with Crippen molar-refractivity contribution in [2.75, 3.05) is 14.2 Å². The minimum atomic E-state index is -4.85. The summed E-state index contributed by atoms with van der Waals surface area (Å²) < 4.78 is 55.8. The van der Waals surface area contributed by atoms with Gasteiger partial charge in [-0.05, 0) is 17.7 Å². The number of benzene rings is 1. The van der Waals surface area contributed by atoms with Gasteiger partial charge in [0.1, 0.15) is 18.1 Å². The molecule has 1 atom stereocenters. The van der Waals surface area contributed by atoms with E-state index in [9.17, 15) is 27.9 Å². The molecule has 2 aromatic rings. The Bertz CT molecular complexity index is 872. The lowest BCUT2D eigenvalue weighted by molar-refractivity contribution is -0.274. The molecule has 152 valence electrons. The predicted octanol–water partition coefficient (Wildman–Crippen LogP) is 3.09. The van der Waals surface area contributed by atoms with E-state index in [1.165, 1.54) is 19.2 Å². The molecule has 10 heteroatoms. The molecule has 1 N–H and O–H groups in total. The quantitative estimate of drug-likeness (QED) is 0.711. The number of hydrogen-bond acceptors (Lipinski definition) is 7.